The average Bonchev–Trinajstić information content (AvgIpc) is 2.68. The molecule has 0 fully saturated rings. The van der Waals surface area contributed by atoms with Gasteiger partial charge in [-0.3, -0.25) is 0 Å². The molecule has 0 atom stereocenters. The van der Waals surface area contributed by atoms with Crippen LogP contribution in [0.15, 0.2) is 6.07 Å². The van der Waals surface area contributed by atoms with Crippen LogP contribution in [-0.4, -0.2) is 31.4 Å². The third-order valence-corrected chi connectivity index (χ3v) is 3.91. The normalized spacial score (nSPS) is 11.6. The molecule has 1 aromatic heterocycles. The maximum atomic E-state index is 11.2. The van der Waals surface area contributed by atoms with Gasteiger partial charge in [-0.2, -0.15) is 0 Å². The second kappa shape index (κ2) is 6.20. The molecule has 0 spiro atoms. The molecule has 0 saturated heterocycles. The average molecular weight is 272 g/mol. The van der Waals surface area contributed by atoms with Crippen molar-refractivity contribution in [2.75, 3.05) is 20.3 Å². The SMILES string of the molecule is COCCCOc1cc(C(C)(C)C)sc1C(=O)O. The summed E-state index contributed by atoms with van der Waals surface area (Å²) in [5.74, 6) is -0.467. The Bertz CT molecular complexity index is 404. The summed E-state index contributed by atoms with van der Waals surface area (Å²) in [4.78, 5) is 12.4. The number of carboxylic acid groups (broad SMARTS) is 1. The van der Waals surface area contributed by atoms with Crippen molar-refractivity contribution in [3.05, 3.63) is 15.8 Å². The summed E-state index contributed by atoms with van der Waals surface area (Å²) in [5.41, 5.74) is -0.0665. The lowest BCUT2D eigenvalue weighted by Gasteiger charge is -2.14. The van der Waals surface area contributed by atoms with Crippen LogP contribution in [0.4, 0.5) is 0 Å². The molecule has 0 aliphatic rings. The van der Waals surface area contributed by atoms with E-state index < -0.39 is 5.97 Å². The number of aromatic carboxylic acids is 1. The molecule has 0 amide bonds. The molecule has 0 aliphatic heterocycles. The fraction of sp³-hybridized carbons (Fsp3) is 0.615. The number of carbonyl (C=O) groups is 1. The quantitative estimate of drug-likeness (QED) is 0.808. The second-order valence-electron chi connectivity index (χ2n) is 5.05. The maximum absolute atomic E-state index is 11.2. The van der Waals surface area contributed by atoms with Gasteiger partial charge in [-0.15, -0.1) is 11.3 Å². The molecule has 0 unspecified atom stereocenters. The highest BCUT2D eigenvalue weighted by Gasteiger charge is 2.23. The minimum atomic E-state index is -0.933. The molecule has 0 aliphatic carbocycles. The number of hydrogen-bond acceptors (Lipinski definition) is 4. The van der Waals surface area contributed by atoms with Crippen LogP contribution in [0.2, 0.25) is 0 Å². The van der Waals surface area contributed by atoms with Crippen molar-refractivity contribution in [2.24, 2.45) is 0 Å². The first-order valence-corrected chi connectivity index (χ1v) is 6.67. The zero-order valence-electron chi connectivity index (χ0n) is 11.3. The van der Waals surface area contributed by atoms with E-state index in [-0.39, 0.29) is 10.3 Å². The molecule has 1 rings (SSSR count). The van der Waals surface area contributed by atoms with Gasteiger partial charge in [0.25, 0.3) is 0 Å². The Kier molecular flexibility index (Phi) is 5.16. The smallest absolute Gasteiger partial charge is 0.349 e. The van der Waals surface area contributed by atoms with Gasteiger partial charge in [-0.05, 0) is 11.5 Å². The standard InChI is InChI=1S/C13H20O4S/c1-13(2,3)10-8-9(11(18-10)12(14)15)17-7-5-6-16-4/h8H,5-7H2,1-4H3,(H,14,15). The van der Waals surface area contributed by atoms with Gasteiger partial charge in [-0.1, -0.05) is 20.8 Å². The van der Waals surface area contributed by atoms with Gasteiger partial charge in [-0.25, -0.2) is 4.79 Å². The third kappa shape index (κ3) is 3.99. The van der Waals surface area contributed by atoms with E-state index in [1.54, 1.807) is 7.11 Å². The second-order valence-corrected chi connectivity index (χ2v) is 6.11. The molecule has 0 saturated carbocycles. The van der Waals surface area contributed by atoms with Crippen LogP contribution in [0.5, 0.6) is 5.75 Å². The number of hydrogen-bond donors (Lipinski definition) is 1. The minimum absolute atomic E-state index is 0.0665. The van der Waals surface area contributed by atoms with Crippen molar-refractivity contribution in [1.82, 2.24) is 0 Å². The first-order valence-electron chi connectivity index (χ1n) is 5.85. The highest BCUT2D eigenvalue weighted by molar-refractivity contribution is 7.14. The van der Waals surface area contributed by atoms with Crippen molar-refractivity contribution in [1.29, 1.82) is 0 Å². The van der Waals surface area contributed by atoms with Gasteiger partial charge in [0.05, 0.1) is 6.61 Å². The van der Waals surface area contributed by atoms with E-state index in [1.807, 2.05) is 6.07 Å². The van der Waals surface area contributed by atoms with Crippen molar-refractivity contribution < 1.29 is 19.4 Å². The Labute approximate surface area is 112 Å². The van der Waals surface area contributed by atoms with Gasteiger partial charge in [0.2, 0.25) is 0 Å². The first kappa shape index (κ1) is 15.0. The minimum Gasteiger partial charge on any atom is -0.492 e. The molecule has 1 heterocycles. The molecule has 102 valence electrons. The number of methoxy groups -OCH3 is 1. The van der Waals surface area contributed by atoms with E-state index in [4.69, 9.17) is 14.6 Å². The number of ether oxygens (including phenoxy) is 2. The summed E-state index contributed by atoms with van der Waals surface area (Å²) in [5, 5.41) is 9.15. The van der Waals surface area contributed by atoms with Crippen LogP contribution >= 0.6 is 11.3 Å². The zero-order valence-corrected chi connectivity index (χ0v) is 12.1. The van der Waals surface area contributed by atoms with Crippen LogP contribution in [-0.2, 0) is 10.2 Å². The van der Waals surface area contributed by atoms with Gasteiger partial charge >= 0.3 is 5.97 Å². The van der Waals surface area contributed by atoms with E-state index in [0.29, 0.717) is 19.0 Å². The van der Waals surface area contributed by atoms with Crippen molar-refractivity contribution >= 4 is 17.3 Å². The third-order valence-electron chi connectivity index (χ3n) is 2.38. The van der Waals surface area contributed by atoms with E-state index in [0.717, 1.165) is 11.3 Å². The van der Waals surface area contributed by atoms with Gasteiger partial charge in [0, 0.05) is 25.0 Å². The van der Waals surface area contributed by atoms with E-state index in [1.165, 1.54) is 11.3 Å². The predicted octanol–water partition coefficient (Wildman–Crippen LogP) is 3.16. The highest BCUT2D eigenvalue weighted by atomic mass is 32.1. The Morgan fingerprint density at radius 2 is 2.06 bits per heavy atom. The predicted molar refractivity (Wildman–Crippen MR) is 72.0 cm³/mol. The summed E-state index contributed by atoms with van der Waals surface area (Å²) in [6.07, 6.45) is 0.746. The zero-order chi connectivity index (χ0) is 13.8. The maximum Gasteiger partial charge on any atom is 0.349 e. The van der Waals surface area contributed by atoms with Gasteiger partial charge < -0.3 is 14.6 Å². The molecule has 18 heavy (non-hydrogen) atoms. The molecule has 4 nitrogen and oxygen atoms in total. The molecular weight excluding hydrogens is 252 g/mol. The van der Waals surface area contributed by atoms with Crippen LogP contribution in [0, 0.1) is 0 Å². The van der Waals surface area contributed by atoms with E-state index >= 15 is 0 Å². The molecule has 0 bridgehead atoms. The molecular formula is C13H20O4S. The lowest BCUT2D eigenvalue weighted by Crippen LogP contribution is -2.08. The highest BCUT2D eigenvalue weighted by Crippen LogP contribution is 2.36. The van der Waals surface area contributed by atoms with Crippen LogP contribution in [0.3, 0.4) is 0 Å². The largest absolute Gasteiger partial charge is 0.492 e. The Morgan fingerprint density at radius 1 is 1.39 bits per heavy atom. The number of carboxylic acids is 1. The fourth-order valence-corrected chi connectivity index (χ4v) is 2.38. The summed E-state index contributed by atoms with van der Waals surface area (Å²) >= 11 is 1.28. The van der Waals surface area contributed by atoms with Crippen LogP contribution in [0.25, 0.3) is 0 Å². The van der Waals surface area contributed by atoms with Crippen molar-refractivity contribution in [2.45, 2.75) is 32.6 Å². The monoisotopic (exact) mass is 272 g/mol. The summed E-state index contributed by atoms with van der Waals surface area (Å²) < 4.78 is 10.4. The lowest BCUT2D eigenvalue weighted by molar-refractivity contribution is 0.0697. The Balaban J connectivity index is 2.82. The summed E-state index contributed by atoms with van der Waals surface area (Å²) in [7, 11) is 1.63. The number of thiophene rings is 1. The topological polar surface area (TPSA) is 55.8 Å². The molecule has 1 N–H and O–H groups in total. The molecule has 0 aromatic carbocycles. The van der Waals surface area contributed by atoms with Crippen LogP contribution < -0.4 is 4.74 Å². The van der Waals surface area contributed by atoms with Gasteiger partial charge in [0.15, 0.2) is 4.88 Å². The van der Waals surface area contributed by atoms with E-state index in [9.17, 15) is 4.79 Å². The first-order chi connectivity index (χ1) is 8.36. The Hall–Kier alpha value is -1.07. The van der Waals surface area contributed by atoms with Crippen molar-refractivity contribution in [3.63, 3.8) is 0 Å². The molecule has 1 aromatic rings. The van der Waals surface area contributed by atoms with Gasteiger partial charge in [0.1, 0.15) is 5.75 Å². The van der Waals surface area contributed by atoms with E-state index in [2.05, 4.69) is 20.8 Å². The number of rotatable bonds is 6. The van der Waals surface area contributed by atoms with Crippen LogP contribution in [0.1, 0.15) is 41.7 Å². The fourth-order valence-electron chi connectivity index (χ4n) is 1.39. The summed E-state index contributed by atoms with van der Waals surface area (Å²) in [6, 6.07) is 1.83. The van der Waals surface area contributed by atoms with Crippen molar-refractivity contribution in [3.8, 4) is 5.75 Å². The molecule has 0 radical (unpaired) electrons. The summed E-state index contributed by atoms with van der Waals surface area (Å²) in [6.45, 7) is 7.24. The molecule has 5 heteroatoms. The Morgan fingerprint density at radius 3 is 2.56 bits per heavy atom. The lowest BCUT2D eigenvalue weighted by atomic mass is 9.95.